The average Bonchev–Trinajstić information content (AvgIpc) is 3.73. The Labute approximate surface area is 493 Å². The van der Waals surface area contributed by atoms with Gasteiger partial charge in [0, 0.05) is 87.1 Å². The maximum atomic E-state index is 16.1. The van der Waals surface area contributed by atoms with Gasteiger partial charge in [0.15, 0.2) is 15.9 Å². The summed E-state index contributed by atoms with van der Waals surface area (Å²) in [7, 11) is -0.327. The number of tetrazole rings is 1. The molecule has 0 aliphatic carbocycles. The molecule has 4 aromatic heterocycles. The minimum Gasteiger partial charge on any atom is -0.399 e. The van der Waals surface area contributed by atoms with E-state index in [2.05, 4.69) is 127 Å². The molecule has 5 aromatic carbocycles. The zero-order valence-corrected chi connectivity index (χ0v) is 49.1. The number of alkyl halides is 3. The SMILES string of the molecule is CC1(C)OB(c2ccc(N3CCN(c4nc5cc(C#N)ccc5s4)CC3)cc2)OC1(C)C.CI.N#Cc1ccc2sc(N3CCN(c4ccc(-c5ccc(C(F)(F)[C@](O)(Cn6cnnn6)c6ccc(F)cc6F)nc5)cc4)CC3)nc2c1. The highest BCUT2D eigenvalue weighted by atomic mass is 127. The lowest BCUT2D eigenvalue weighted by molar-refractivity contribution is -0.207. The van der Waals surface area contributed by atoms with Crippen molar-refractivity contribution in [3.8, 4) is 23.3 Å². The minimum atomic E-state index is -4.15. The van der Waals surface area contributed by atoms with Crippen molar-refractivity contribution in [3.63, 3.8) is 0 Å². The Morgan fingerprint density at radius 3 is 1.62 bits per heavy atom. The van der Waals surface area contributed by atoms with Crippen molar-refractivity contribution in [3.05, 3.63) is 162 Å². The molecule has 9 aromatic rings. The first-order valence-electron chi connectivity index (χ1n) is 26.2. The first kappa shape index (κ1) is 57.9. The number of thiazole rings is 2. The molecule has 16 nitrogen and oxygen atoms in total. The van der Waals surface area contributed by atoms with Gasteiger partial charge in [-0.05, 0) is 133 Å². The molecule has 3 aliphatic heterocycles. The molecule has 82 heavy (non-hydrogen) atoms. The van der Waals surface area contributed by atoms with Crippen LogP contribution >= 0.6 is 45.3 Å². The molecule has 0 spiro atoms. The number of aliphatic hydroxyl groups is 1. The van der Waals surface area contributed by atoms with Crippen molar-refractivity contribution >= 4 is 99.9 Å². The van der Waals surface area contributed by atoms with E-state index >= 15 is 8.78 Å². The zero-order chi connectivity index (χ0) is 58.0. The Morgan fingerprint density at radius 1 is 0.659 bits per heavy atom. The van der Waals surface area contributed by atoms with Gasteiger partial charge in [0.25, 0.3) is 0 Å². The number of hydrogen-bond donors (Lipinski definition) is 1. The molecule has 420 valence electrons. The summed E-state index contributed by atoms with van der Waals surface area (Å²) in [6.07, 6.45) is 2.25. The largest absolute Gasteiger partial charge is 0.494 e. The number of pyridine rings is 1. The Morgan fingerprint density at radius 2 is 1.16 bits per heavy atom. The summed E-state index contributed by atoms with van der Waals surface area (Å²) in [5.74, 6) is -6.48. The van der Waals surface area contributed by atoms with Gasteiger partial charge in [-0.3, -0.25) is 4.98 Å². The number of rotatable bonds is 11. The van der Waals surface area contributed by atoms with Gasteiger partial charge < -0.3 is 34.0 Å². The average molecular weight is 1260 g/mol. The quantitative estimate of drug-likeness (QED) is 0.0559. The number of piperazine rings is 2. The van der Waals surface area contributed by atoms with Gasteiger partial charge in [0.05, 0.1) is 61.4 Å². The molecule has 0 bridgehead atoms. The van der Waals surface area contributed by atoms with Gasteiger partial charge in [-0.25, -0.2) is 23.4 Å². The Hall–Kier alpha value is -7.33. The van der Waals surface area contributed by atoms with E-state index in [1.54, 1.807) is 34.8 Å². The lowest BCUT2D eigenvalue weighted by Crippen LogP contribution is -2.48. The molecule has 3 saturated heterocycles. The molecule has 3 fully saturated rings. The lowest BCUT2D eigenvalue weighted by atomic mass is 9.79. The van der Waals surface area contributed by atoms with Gasteiger partial charge in [0.1, 0.15) is 23.7 Å². The third kappa shape index (κ3) is 11.8. The van der Waals surface area contributed by atoms with Crippen LogP contribution in [0, 0.1) is 34.3 Å². The maximum Gasteiger partial charge on any atom is 0.494 e. The smallest absolute Gasteiger partial charge is 0.399 e. The molecule has 1 N–H and O–H groups in total. The van der Waals surface area contributed by atoms with Gasteiger partial charge >= 0.3 is 13.0 Å². The Balaban J connectivity index is 0.000000192. The third-order valence-corrected chi connectivity index (χ3v) is 17.4. The topological polar surface area (TPSA) is 181 Å². The first-order chi connectivity index (χ1) is 39.4. The molecule has 24 heteroatoms. The van der Waals surface area contributed by atoms with E-state index in [1.807, 2.05) is 53.5 Å². The molecule has 0 unspecified atom stereocenters. The summed E-state index contributed by atoms with van der Waals surface area (Å²) >= 11 is 5.45. The second-order valence-electron chi connectivity index (χ2n) is 20.8. The summed E-state index contributed by atoms with van der Waals surface area (Å²) in [4.78, 5) is 24.7. The van der Waals surface area contributed by atoms with Gasteiger partial charge in [0.2, 0.25) is 0 Å². The van der Waals surface area contributed by atoms with Crippen LogP contribution in [0.1, 0.15) is 50.1 Å². The van der Waals surface area contributed by atoms with Crippen LogP contribution in [0.5, 0.6) is 0 Å². The fourth-order valence-electron chi connectivity index (χ4n) is 9.87. The summed E-state index contributed by atoms with van der Waals surface area (Å²) in [5.41, 5.74) is 2.00. The predicted octanol–water partition coefficient (Wildman–Crippen LogP) is 10.3. The lowest BCUT2D eigenvalue weighted by Gasteiger charge is -2.36. The van der Waals surface area contributed by atoms with Gasteiger partial charge in [-0.1, -0.05) is 75.6 Å². The van der Waals surface area contributed by atoms with E-state index in [-0.39, 0.29) is 18.3 Å². The van der Waals surface area contributed by atoms with E-state index in [0.29, 0.717) is 22.8 Å². The van der Waals surface area contributed by atoms with Crippen molar-refractivity contribution in [2.45, 2.75) is 57.0 Å². The van der Waals surface area contributed by atoms with Crippen molar-refractivity contribution in [2.75, 3.05) is 76.9 Å². The van der Waals surface area contributed by atoms with Crippen LogP contribution in [0.15, 0.2) is 128 Å². The molecule has 12 rings (SSSR count). The minimum absolute atomic E-state index is 0.327. The number of nitrogens with zero attached hydrogens (tertiary/aromatic N) is 13. The first-order valence-corrected chi connectivity index (χ1v) is 30.0. The van der Waals surface area contributed by atoms with Crippen molar-refractivity contribution in [1.82, 2.24) is 35.2 Å². The number of fused-ring (bicyclic) bond motifs is 2. The van der Waals surface area contributed by atoms with Crippen LogP contribution in [0.25, 0.3) is 31.6 Å². The summed E-state index contributed by atoms with van der Waals surface area (Å²) < 4.78 is 76.0. The van der Waals surface area contributed by atoms with E-state index < -0.39 is 41.0 Å². The van der Waals surface area contributed by atoms with Crippen LogP contribution in [0.4, 0.5) is 39.2 Å². The summed E-state index contributed by atoms with van der Waals surface area (Å²) in [6.45, 7) is 14.2. The number of aromatic nitrogens is 7. The van der Waals surface area contributed by atoms with Crippen LogP contribution in [-0.4, -0.2) is 116 Å². The fourth-order valence-corrected chi connectivity index (χ4v) is 11.9. The highest BCUT2D eigenvalue weighted by Gasteiger charge is 2.58. The molecule has 1 atom stereocenters. The number of halogens is 5. The standard InChI is InChI=1S/C33H25F4N9OS.C24H27BN4O2S.CH3I/c34-24-5-8-26(27(35)16-24)32(47,19-46-20-40-42-43-46)33(36,37)30-10-4-23(18-39-30)22-2-6-25(7-3-22)44-11-13-45(14-12-44)31-41-28-15-21(17-38)1-9-29(28)48-31;1-23(2)24(3,4)31-25(30-23)18-6-8-19(9-7-18)28-11-13-29(14-12-28)22-27-20-15-17(16-26)5-10-21(20)32-22;1-2/h1-10,15-16,18,20,47H,11-14,19H2;5-10,15H,11-14H2,1-4H3;1H3/t32-;;/m0../s1. The normalized spacial score (nSPS) is 16.7. The van der Waals surface area contributed by atoms with Crippen LogP contribution in [0.2, 0.25) is 0 Å². The van der Waals surface area contributed by atoms with Crippen molar-refractivity contribution < 1.29 is 32.0 Å². The highest BCUT2D eigenvalue weighted by Crippen LogP contribution is 2.47. The molecule has 0 amide bonds. The highest BCUT2D eigenvalue weighted by molar-refractivity contribution is 14.1. The Kier molecular flexibility index (Phi) is 16.9. The number of anilines is 4. The van der Waals surface area contributed by atoms with Crippen molar-refractivity contribution in [2.24, 2.45) is 0 Å². The molecule has 0 saturated carbocycles. The Bertz CT molecular complexity index is 3760. The third-order valence-electron chi connectivity index (χ3n) is 15.2. The number of hydrogen-bond acceptors (Lipinski definition) is 17. The van der Waals surface area contributed by atoms with Crippen LogP contribution in [-0.2, 0) is 27.4 Å². The van der Waals surface area contributed by atoms with Gasteiger partial charge in [-0.15, -0.1) is 5.10 Å². The number of nitriles is 2. The van der Waals surface area contributed by atoms with E-state index in [9.17, 15) is 19.1 Å². The van der Waals surface area contributed by atoms with E-state index in [1.165, 1.54) is 18.0 Å². The second-order valence-corrected chi connectivity index (χ2v) is 22.8. The van der Waals surface area contributed by atoms with Crippen molar-refractivity contribution in [1.29, 1.82) is 10.5 Å². The molecular formula is C58H55BF4IN13O3S2. The van der Waals surface area contributed by atoms with Crippen LogP contribution < -0.4 is 25.1 Å². The fraction of sp³-hybridized carbons (Fsp3) is 0.310. The van der Waals surface area contributed by atoms with Crippen LogP contribution in [0.3, 0.4) is 0 Å². The number of benzene rings is 5. The summed E-state index contributed by atoms with van der Waals surface area (Å²) in [6, 6.07) is 36.3. The van der Waals surface area contributed by atoms with Gasteiger partial charge in [-0.2, -0.15) is 19.3 Å². The molecule has 3 aliphatic rings. The predicted molar refractivity (Wildman–Crippen MR) is 321 cm³/mol. The maximum absolute atomic E-state index is 16.1. The molecule has 0 radical (unpaired) electrons. The summed E-state index contributed by atoms with van der Waals surface area (Å²) in [5, 5.41) is 41.9. The molecular weight excluding hydrogens is 1200 g/mol. The van der Waals surface area contributed by atoms with E-state index in [0.717, 1.165) is 129 Å². The monoisotopic (exact) mass is 1260 g/mol. The zero-order valence-electron chi connectivity index (χ0n) is 45.3. The molecule has 7 heterocycles. The van der Waals surface area contributed by atoms with E-state index in [4.69, 9.17) is 24.5 Å². The second kappa shape index (κ2) is 23.9.